The average Bonchev–Trinajstić information content (AvgIpc) is 2.89. The molecule has 0 fully saturated rings. The molecule has 0 amide bonds. The summed E-state index contributed by atoms with van der Waals surface area (Å²) in [6.45, 7) is 0. The summed E-state index contributed by atoms with van der Waals surface area (Å²) in [7, 11) is 0. The van der Waals surface area contributed by atoms with Crippen LogP contribution >= 0.6 is 23.2 Å². The number of imidazole rings is 1. The lowest BCUT2D eigenvalue weighted by Crippen LogP contribution is -1.86. The van der Waals surface area contributed by atoms with Gasteiger partial charge >= 0.3 is 0 Å². The second kappa shape index (κ2) is 4.99. The smallest absolute Gasteiger partial charge is 0.141 e. The van der Waals surface area contributed by atoms with Gasteiger partial charge in [0.1, 0.15) is 16.1 Å². The quantitative estimate of drug-likeness (QED) is 0.730. The Kier molecular flexibility index (Phi) is 3.19. The third-order valence-electron chi connectivity index (χ3n) is 2.62. The number of H-pyrrole nitrogens is 1. The predicted octanol–water partition coefficient (Wildman–Crippen LogP) is 3.84. The van der Waals surface area contributed by atoms with E-state index in [0.717, 1.165) is 11.3 Å². The van der Waals surface area contributed by atoms with Crippen LogP contribution in [-0.2, 0) is 0 Å². The van der Waals surface area contributed by atoms with Gasteiger partial charge in [-0.3, -0.25) is 4.98 Å². The molecule has 3 aromatic rings. The van der Waals surface area contributed by atoms with Gasteiger partial charge in [0.2, 0.25) is 0 Å². The molecule has 0 bridgehead atoms. The fourth-order valence-corrected chi connectivity index (χ4v) is 2.15. The SMILES string of the molecule is Clc1ccc(-c2ncc(-c3cccnc3)[nH]2)c(Cl)n1. The van der Waals surface area contributed by atoms with E-state index in [4.69, 9.17) is 23.2 Å². The summed E-state index contributed by atoms with van der Waals surface area (Å²) in [6.07, 6.45) is 5.22. The van der Waals surface area contributed by atoms with E-state index in [1.54, 1.807) is 30.7 Å². The molecule has 0 unspecified atom stereocenters. The topological polar surface area (TPSA) is 54.5 Å². The van der Waals surface area contributed by atoms with Crippen LogP contribution in [0, 0.1) is 0 Å². The van der Waals surface area contributed by atoms with Crippen LogP contribution in [0.15, 0.2) is 42.9 Å². The first-order valence-corrected chi connectivity index (χ1v) is 6.27. The molecule has 3 rings (SSSR count). The van der Waals surface area contributed by atoms with Crippen LogP contribution in [-0.4, -0.2) is 19.9 Å². The Balaban J connectivity index is 2.02. The van der Waals surface area contributed by atoms with Crippen molar-refractivity contribution in [1.29, 1.82) is 0 Å². The summed E-state index contributed by atoms with van der Waals surface area (Å²) in [5, 5.41) is 0.673. The van der Waals surface area contributed by atoms with E-state index in [2.05, 4.69) is 19.9 Å². The molecule has 0 radical (unpaired) electrons. The van der Waals surface area contributed by atoms with Crippen LogP contribution in [0.4, 0.5) is 0 Å². The van der Waals surface area contributed by atoms with E-state index < -0.39 is 0 Å². The van der Waals surface area contributed by atoms with Crippen molar-refractivity contribution in [2.45, 2.75) is 0 Å². The third-order valence-corrected chi connectivity index (χ3v) is 3.12. The van der Waals surface area contributed by atoms with Crippen molar-refractivity contribution in [3.63, 3.8) is 0 Å². The summed E-state index contributed by atoms with van der Waals surface area (Å²) in [4.78, 5) is 15.5. The number of hydrogen-bond donors (Lipinski definition) is 1. The van der Waals surface area contributed by atoms with Crippen molar-refractivity contribution in [1.82, 2.24) is 19.9 Å². The highest BCUT2D eigenvalue weighted by atomic mass is 35.5. The minimum atomic E-state index is 0.319. The molecule has 3 heterocycles. The van der Waals surface area contributed by atoms with E-state index in [1.165, 1.54) is 0 Å². The molecular formula is C13H8Cl2N4. The minimum absolute atomic E-state index is 0.319. The first kappa shape index (κ1) is 12.1. The normalized spacial score (nSPS) is 10.6. The largest absolute Gasteiger partial charge is 0.338 e. The number of aromatic nitrogens is 4. The predicted molar refractivity (Wildman–Crippen MR) is 75.1 cm³/mol. The van der Waals surface area contributed by atoms with Gasteiger partial charge in [-0.05, 0) is 24.3 Å². The summed E-state index contributed by atoms with van der Waals surface area (Å²) < 4.78 is 0. The molecule has 0 aliphatic heterocycles. The molecule has 6 heteroatoms. The monoisotopic (exact) mass is 290 g/mol. The van der Waals surface area contributed by atoms with Crippen molar-refractivity contribution in [3.05, 3.63) is 53.2 Å². The Hall–Kier alpha value is -1.91. The first-order valence-electron chi connectivity index (χ1n) is 5.52. The lowest BCUT2D eigenvalue weighted by molar-refractivity contribution is 1.26. The number of halogens is 2. The van der Waals surface area contributed by atoms with Crippen LogP contribution < -0.4 is 0 Å². The van der Waals surface area contributed by atoms with Crippen LogP contribution in [0.25, 0.3) is 22.6 Å². The molecular weight excluding hydrogens is 283 g/mol. The zero-order valence-electron chi connectivity index (χ0n) is 9.64. The van der Waals surface area contributed by atoms with E-state index in [1.807, 2.05) is 12.1 Å². The van der Waals surface area contributed by atoms with Gasteiger partial charge < -0.3 is 4.98 Å². The van der Waals surface area contributed by atoms with Gasteiger partial charge in [0, 0.05) is 18.0 Å². The highest BCUT2D eigenvalue weighted by Crippen LogP contribution is 2.27. The molecule has 0 aromatic carbocycles. The average molecular weight is 291 g/mol. The van der Waals surface area contributed by atoms with Gasteiger partial charge in [0.05, 0.1) is 17.5 Å². The van der Waals surface area contributed by atoms with Gasteiger partial charge in [-0.2, -0.15) is 0 Å². The third kappa shape index (κ3) is 2.45. The van der Waals surface area contributed by atoms with Crippen LogP contribution in [0.3, 0.4) is 0 Å². The van der Waals surface area contributed by atoms with Gasteiger partial charge in [0.25, 0.3) is 0 Å². The fourth-order valence-electron chi connectivity index (χ4n) is 1.72. The Labute approximate surface area is 119 Å². The highest BCUT2D eigenvalue weighted by molar-refractivity contribution is 6.34. The number of aromatic amines is 1. The Morgan fingerprint density at radius 2 is 1.95 bits per heavy atom. The van der Waals surface area contributed by atoms with Crippen molar-refractivity contribution in [3.8, 4) is 22.6 Å². The molecule has 0 aliphatic carbocycles. The molecule has 0 spiro atoms. The highest BCUT2D eigenvalue weighted by Gasteiger charge is 2.10. The van der Waals surface area contributed by atoms with E-state index >= 15 is 0 Å². The molecule has 4 nitrogen and oxygen atoms in total. The van der Waals surface area contributed by atoms with Gasteiger partial charge in [-0.1, -0.05) is 23.2 Å². The molecule has 0 atom stereocenters. The molecule has 3 aromatic heterocycles. The Morgan fingerprint density at radius 3 is 2.68 bits per heavy atom. The standard InChI is InChI=1S/C13H8Cl2N4/c14-11-4-3-9(12(15)19-11)13-17-7-10(18-13)8-2-1-5-16-6-8/h1-7H,(H,17,18). The number of nitrogens with zero attached hydrogens (tertiary/aromatic N) is 3. The van der Waals surface area contributed by atoms with Crippen LogP contribution in [0.2, 0.25) is 10.3 Å². The van der Waals surface area contributed by atoms with Crippen LogP contribution in [0.1, 0.15) is 0 Å². The summed E-state index contributed by atoms with van der Waals surface area (Å²) in [5.41, 5.74) is 2.54. The van der Waals surface area contributed by atoms with Crippen LogP contribution in [0.5, 0.6) is 0 Å². The van der Waals surface area contributed by atoms with Crippen molar-refractivity contribution < 1.29 is 0 Å². The maximum absolute atomic E-state index is 6.05. The van der Waals surface area contributed by atoms with Gasteiger partial charge in [0.15, 0.2) is 0 Å². The zero-order valence-corrected chi connectivity index (χ0v) is 11.2. The fraction of sp³-hybridized carbons (Fsp3) is 0. The molecule has 94 valence electrons. The van der Waals surface area contributed by atoms with Gasteiger partial charge in [-0.25, -0.2) is 9.97 Å². The summed E-state index contributed by atoms with van der Waals surface area (Å²) in [5.74, 6) is 0.646. The summed E-state index contributed by atoms with van der Waals surface area (Å²) in [6, 6.07) is 7.28. The number of nitrogens with one attached hydrogen (secondary N) is 1. The number of hydrogen-bond acceptors (Lipinski definition) is 3. The molecule has 1 N–H and O–H groups in total. The second-order valence-electron chi connectivity index (χ2n) is 3.86. The second-order valence-corrected chi connectivity index (χ2v) is 4.60. The minimum Gasteiger partial charge on any atom is -0.338 e. The number of pyridine rings is 2. The molecule has 0 saturated heterocycles. The Bertz CT molecular complexity index is 710. The number of rotatable bonds is 2. The summed E-state index contributed by atoms with van der Waals surface area (Å²) >= 11 is 11.8. The van der Waals surface area contributed by atoms with Crippen molar-refractivity contribution in [2.75, 3.05) is 0 Å². The molecule has 0 aliphatic rings. The molecule has 19 heavy (non-hydrogen) atoms. The van der Waals surface area contributed by atoms with E-state index in [0.29, 0.717) is 21.7 Å². The zero-order chi connectivity index (χ0) is 13.2. The molecule has 0 saturated carbocycles. The Morgan fingerprint density at radius 1 is 1.05 bits per heavy atom. The van der Waals surface area contributed by atoms with Crippen molar-refractivity contribution >= 4 is 23.2 Å². The maximum atomic E-state index is 6.05. The van der Waals surface area contributed by atoms with Crippen molar-refractivity contribution in [2.24, 2.45) is 0 Å². The van der Waals surface area contributed by atoms with E-state index in [9.17, 15) is 0 Å². The maximum Gasteiger partial charge on any atom is 0.141 e. The first-order chi connectivity index (χ1) is 9.24. The lowest BCUT2D eigenvalue weighted by Gasteiger charge is -2.00. The van der Waals surface area contributed by atoms with Gasteiger partial charge in [-0.15, -0.1) is 0 Å². The lowest BCUT2D eigenvalue weighted by atomic mass is 10.2. The van der Waals surface area contributed by atoms with E-state index in [-0.39, 0.29) is 0 Å².